The van der Waals surface area contributed by atoms with Gasteiger partial charge in [-0.25, -0.2) is 0 Å². The van der Waals surface area contributed by atoms with Gasteiger partial charge in [-0.3, -0.25) is 9.59 Å². The number of ether oxygens (including phenoxy) is 3. The van der Waals surface area contributed by atoms with Crippen LogP contribution >= 0.6 is 0 Å². The lowest BCUT2D eigenvalue weighted by Crippen LogP contribution is -2.40. The summed E-state index contributed by atoms with van der Waals surface area (Å²) >= 11 is 0. The van der Waals surface area contributed by atoms with E-state index in [9.17, 15) is 9.59 Å². The van der Waals surface area contributed by atoms with Crippen LogP contribution in [0.4, 0.5) is 0 Å². The Morgan fingerprint density at radius 3 is 1.49 bits per heavy atom. The molecule has 0 saturated carbocycles. The first-order chi connectivity index (χ1) is 39.6. The molecule has 3 N–H and O–H groups in total. The van der Waals surface area contributed by atoms with Gasteiger partial charge in [0.2, 0.25) is 5.75 Å². The first-order valence-electron chi connectivity index (χ1n) is 30.2. The molecule has 3 aliphatic heterocycles. The summed E-state index contributed by atoms with van der Waals surface area (Å²) in [5.74, 6) is 1.40. The Kier molecular flexibility index (Phi) is 25.8. The van der Waals surface area contributed by atoms with Crippen molar-refractivity contribution in [1.29, 1.82) is 0 Å². The minimum Gasteiger partial charge on any atom is -0.493 e. The third-order valence-corrected chi connectivity index (χ3v) is 16.6. The lowest BCUT2D eigenvalue weighted by atomic mass is 10.0. The molecular formula is C70H94N6O5. The average Bonchev–Trinajstić information content (AvgIpc) is 3.56. The molecule has 0 aromatic heterocycles. The second kappa shape index (κ2) is 33.6. The van der Waals surface area contributed by atoms with Crippen LogP contribution in [0, 0.1) is 0 Å². The average molecular weight is 1100 g/mol. The zero-order chi connectivity index (χ0) is 57.2. The molecule has 434 valence electrons. The topological polar surface area (TPSA) is 113 Å². The van der Waals surface area contributed by atoms with Crippen molar-refractivity contribution in [3.63, 3.8) is 0 Å². The second-order valence-electron chi connectivity index (χ2n) is 22.4. The molecule has 81 heavy (non-hydrogen) atoms. The van der Waals surface area contributed by atoms with Crippen molar-refractivity contribution in [2.75, 3.05) is 80.2 Å². The Hall–Kier alpha value is -6.34. The Morgan fingerprint density at radius 2 is 1.01 bits per heavy atom. The molecular weight excluding hydrogens is 1000 g/mol. The van der Waals surface area contributed by atoms with E-state index in [4.69, 9.17) is 19.9 Å². The molecule has 3 heterocycles. The van der Waals surface area contributed by atoms with Gasteiger partial charge in [0.15, 0.2) is 11.5 Å². The van der Waals surface area contributed by atoms with Gasteiger partial charge >= 0.3 is 0 Å². The van der Waals surface area contributed by atoms with Crippen molar-refractivity contribution in [3.8, 4) is 17.2 Å². The summed E-state index contributed by atoms with van der Waals surface area (Å²) in [7, 11) is 4.70. The Morgan fingerprint density at radius 1 is 0.556 bits per heavy atom. The molecule has 1 amide bonds. The summed E-state index contributed by atoms with van der Waals surface area (Å²) in [5, 5.41) is 10.9. The number of nitrogens with one attached hydrogen (secondary N) is 1. The van der Waals surface area contributed by atoms with Crippen LogP contribution < -0.4 is 25.3 Å². The van der Waals surface area contributed by atoms with E-state index in [1.807, 2.05) is 59.5 Å². The molecule has 7 aromatic rings. The van der Waals surface area contributed by atoms with Gasteiger partial charge in [0, 0.05) is 55.4 Å². The van der Waals surface area contributed by atoms with Crippen LogP contribution in [-0.2, 0) is 13.1 Å². The zero-order valence-electron chi connectivity index (χ0n) is 49.8. The molecule has 3 unspecified atom stereocenters. The maximum atomic E-state index is 13.9. The zero-order valence-corrected chi connectivity index (χ0v) is 49.8. The molecule has 10 rings (SSSR count). The second-order valence-corrected chi connectivity index (χ2v) is 22.4. The molecule has 3 atom stereocenters. The Bertz CT molecular complexity index is 2980. The van der Waals surface area contributed by atoms with Crippen molar-refractivity contribution >= 4 is 44.5 Å². The molecule has 3 fully saturated rings. The number of hydrogen-bond donors (Lipinski definition) is 2. The molecule has 11 heteroatoms. The van der Waals surface area contributed by atoms with Crippen LogP contribution in [-0.4, -0.2) is 130 Å². The third kappa shape index (κ3) is 19.1. The van der Waals surface area contributed by atoms with Crippen LogP contribution in [0.1, 0.15) is 130 Å². The maximum Gasteiger partial charge on any atom is 0.254 e. The minimum atomic E-state index is -0.0471. The van der Waals surface area contributed by atoms with E-state index in [2.05, 4.69) is 114 Å². The monoisotopic (exact) mass is 1100 g/mol. The fraction of sp³-hybridized carbons (Fsp3) is 0.457. The van der Waals surface area contributed by atoms with Gasteiger partial charge < -0.3 is 44.9 Å². The highest BCUT2D eigenvalue weighted by atomic mass is 16.5. The molecule has 3 saturated heterocycles. The number of aldehydes is 1. The number of piperidine rings is 3. The fourth-order valence-electron chi connectivity index (χ4n) is 11.7. The fourth-order valence-corrected chi connectivity index (χ4v) is 11.7. The lowest BCUT2D eigenvalue weighted by Gasteiger charge is -2.34. The van der Waals surface area contributed by atoms with Gasteiger partial charge in [0.1, 0.15) is 6.29 Å². The minimum absolute atomic E-state index is 0.0471. The summed E-state index contributed by atoms with van der Waals surface area (Å²) in [4.78, 5) is 34.0. The molecule has 0 aliphatic carbocycles. The van der Waals surface area contributed by atoms with E-state index in [0.29, 0.717) is 41.9 Å². The highest BCUT2D eigenvalue weighted by Gasteiger charge is 2.24. The number of carbonyl (C=O) groups excluding carboxylic acids is 2. The molecule has 0 radical (unpaired) electrons. The number of carbonyl (C=O) groups is 2. The van der Waals surface area contributed by atoms with Crippen molar-refractivity contribution in [3.05, 3.63) is 162 Å². The number of hydrogen-bond acceptors (Lipinski definition) is 10. The number of methoxy groups -OCH3 is 3. The summed E-state index contributed by atoms with van der Waals surface area (Å²) < 4.78 is 16.5. The van der Waals surface area contributed by atoms with E-state index >= 15 is 0 Å². The summed E-state index contributed by atoms with van der Waals surface area (Å²) in [6.07, 6.45) is 16.4. The molecule has 0 bridgehead atoms. The van der Waals surface area contributed by atoms with Crippen LogP contribution in [0.2, 0.25) is 0 Å². The van der Waals surface area contributed by atoms with Gasteiger partial charge in [-0.05, 0) is 198 Å². The standard InChI is InChI=1S/C30H38N2O4.C20H28N2.C11H8O.C9H20N2/c1-22-10-7-8-15-31(22)16-9-17-32(21-23-13-14-24-11-5-6-12-25(24)18-23)30(33)26-19-27(34-2)29(36-4)28(20-26)35-3;1-17-7-4-5-13-22(17)14-6-12-21-16-18-10-11-19-8-2-3-9-20(19)15-18;12-8-9-5-6-10-3-1-2-4-11(10)7-9;1-9-5-2-3-7-11(9)8-4-6-10/h5-6,11-14,18-20,22H,7-10,15-17,21H2,1-4H3;2-3,8-11,15,17,21H,4-7,12-14,16H2,1H3;1-8H;9H,2-8,10H2,1H3. The molecule has 0 spiro atoms. The SMILES string of the molecule is CC1CCCCN1CCCN.CC1CCCCN1CCCNCc1ccc2ccccc2c1.COc1cc(C(=O)N(CCCN2CCCCC2C)Cc2ccc3ccccc3c2)cc(OC)c1OC.O=Cc1ccc2ccccc2c1. The van der Waals surface area contributed by atoms with Crippen LogP contribution in [0.5, 0.6) is 17.2 Å². The van der Waals surface area contributed by atoms with Gasteiger partial charge in [0.05, 0.1) is 21.3 Å². The van der Waals surface area contributed by atoms with E-state index in [1.165, 1.54) is 123 Å². The number of nitrogens with two attached hydrogens (primary N) is 1. The van der Waals surface area contributed by atoms with Gasteiger partial charge in [-0.15, -0.1) is 0 Å². The molecule has 7 aromatic carbocycles. The van der Waals surface area contributed by atoms with E-state index in [1.54, 1.807) is 33.5 Å². The van der Waals surface area contributed by atoms with Crippen LogP contribution in [0.25, 0.3) is 32.3 Å². The third-order valence-electron chi connectivity index (χ3n) is 16.6. The van der Waals surface area contributed by atoms with Crippen molar-refractivity contribution < 1.29 is 23.8 Å². The maximum absolute atomic E-state index is 13.9. The van der Waals surface area contributed by atoms with Crippen molar-refractivity contribution in [1.82, 2.24) is 24.9 Å². The highest BCUT2D eigenvalue weighted by Crippen LogP contribution is 2.39. The number of likely N-dealkylation sites (tertiary alicyclic amines) is 3. The van der Waals surface area contributed by atoms with Gasteiger partial charge in [-0.1, -0.05) is 128 Å². The van der Waals surface area contributed by atoms with Gasteiger partial charge in [0.25, 0.3) is 5.91 Å². The van der Waals surface area contributed by atoms with Crippen LogP contribution in [0.15, 0.2) is 140 Å². The smallest absolute Gasteiger partial charge is 0.254 e. The lowest BCUT2D eigenvalue weighted by molar-refractivity contribution is 0.0725. The van der Waals surface area contributed by atoms with Crippen molar-refractivity contribution in [2.24, 2.45) is 5.73 Å². The highest BCUT2D eigenvalue weighted by molar-refractivity contribution is 5.96. The first kappa shape index (κ1) is 62.3. The van der Waals surface area contributed by atoms with Crippen molar-refractivity contribution in [2.45, 2.75) is 129 Å². The first-order valence-corrected chi connectivity index (χ1v) is 30.2. The van der Waals surface area contributed by atoms with Crippen LogP contribution in [0.3, 0.4) is 0 Å². The number of nitrogens with zero attached hydrogens (tertiary/aromatic N) is 4. The normalized spacial score (nSPS) is 17.6. The predicted molar refractivity (Wildman–Crippen MR) is 337 cm³/mol. The molecule has 11 nitrogen and oxygen atoms in total. The Balaban J connectivity index is 0.000000176. The number of fused-ring (bicyclic) bond motifs is 3. The van der Waals surface area contributed by atoms with E-state index < -0.39 is 0 Å². The van der Waals surface area contributed by atoms with E-state index in [0.717, 1.165) is 80.4 Å². The van der Waals surface area contributed by atoms with E-state index in [-0.39, 0.29) is 5.91 Å². The summed E-state index contributed by atoms with van der Waals surface area (Å²) in [6, 6.07) is 49.4. The summed E-state index contributed by atoms with van der Waals surface area (Å²) in [5.41, 5.74) is 9.21. The van der Waals surface area contributed by atoms with Gasteiger partial charge in [-0.2, -0.15) is 0 Å². The molecule has 3 aliphatic rings. The number of amides is 1. The quantitative estimate of drug-likeness (QED) is 0.0565. The Labute approximate surface area is 485 Å². The largest absolute Gasteiger partial charge is 0.493 e. The summed E-state index contributed by atoms with van der Waals surface area (Å²) in [6.45, 7) is 18.3. The number of benzene rings is 7. The number of rotatable bonds is 20. The predicted octanol–water partition coefficient (Wildman–Crippen LogP) is 13.8.